The van der Waals surface area contributed by atoms with Crippen molar-refractivity contribution in [3.8, 4) is 22.5 Å². The Morgan fingerprint density at radius 1 is 1.00 bits per heavy atom. The molecule has 0 spiro atoms. The molecule has 1 amide bonds. The SMILES string of the molecule is CCCc1cc(C(=O)NC(CC(=O)O)Cc2ccccc2C(F)(F)F)nn1Cc1ccc(-c2ccccc2-c2nnn[nH]2)c(F)c1. The first kappa shape index (κ1) is 32.0. The monoisotopic (exact) mass is 635 g/mol. The van der Waals surface area contributed by atoms with Crippen molar-refractivity contribution in [2.75, 3.05) is 0 Å². The summed E-state index contributed by atoms with van der Waals surface area (Å²) < 4.78 is 57.7. The molecule has 3 N–H and O–H groups in total. The number of aryl methyl sites for hydroxylation is 1. The van der Waals surface area contributed by atoms with Gasteiger partial charge in [-0.25, -0.2) is 9.49 Å². The van der Waals surface area contributed by atoms with Gasteiger partial charge in [0.2, 0.25) is 0 Å². The number of aliphatic carboxylic acids is 1. The van der Waals surface area contributed by atoms with Crippen LogP contribution in [0.25, 0.3) is 22.5 Å². The highest BCUT2D eigenvalue weighted by Crippen LogP contribution is 2.33. The number of tetrazole rings is 1. The van der Waals surface area contributed by atoms with Gasteiger partial charge in [0.15, 0.2) is 5.82 Å². The maximum absolute atomic E-state index is 15.5. The van der Waals surface area contributed by atoms with E-state index in [2.05, 4.69) is 31.0 Å². The minimum absolute atomic E-state index is 0.0327. The quantitative estimate of drug-likeness (QED) is 0.149. The fraction of sp³-hybridized carbons (Fsp3) is 0.250. The van der Waals surface area contributed by atoms with Crippen molar-refractivity contribution in [2.24, 2.45) is 0 Å². The summed E-state index contributed by atoms with van der Waals surface area (Å²) in [5.74, 6) is -2.11. The summed E-state index contributed by atoms with van der Waals surface area (Å²) >= 11 is 0. The molecule has 1 atom stereocenters. The maximum atomic E-state index is 15.5. The van der Waals surface area contributed by atoms with E-state index in [4.69, 9.17) is 0 Å². The van der Waals surface area contributed by atoms with Crippen LogP contribution in [0.2, 0.25) is 0 Å². The maximum Gasteiger partial charge on any atom is 0.416 e. The van der Waals surface area contributed by atoms with E-state index in [1.807, 2.05) is 6.92 Å². The molecule has 5 aromatic rings. The van der Waals surface area contributed by atoms with Crippen molar-refractivity contribution in [3.63, 3.8) is 0 Å². The summed E-state index contributed by atoms with van der Waals surface area (Å²) in [4.78, 5) is 24.8. The number of halogens is 4. The van der Waals surface area contributed by atoms with E-state index in [-0.39, 0.29) is 24.2 Å². The molecule has 10 nitrogen and oxygen atoms in total. The van der Waals surface area contributed by atoms with Crippen molar-refractivity contribution >= 4 is 11.9 Å². The molecule has 238 valence electrons. The molecule has 0 fully saturated rings. The summed E-state index contributed by atoms with van der Waals surface area (Å²) in [7, 11) is 0. The Morgan fingerprint density at radius 2 is 1.74 bits per heavy atom. The smallest absolute Gasteiger partial charge is 0.416 e. The Kier molecular flexibility index (Phi) is 9.54. The van der Waals surface area contributed by atoms with Gasteiger partial charge in [0.25, 0.3) is 5.91 Å². The number of nitrogens with zero attached hydrogens (tertiary/aromatic N) is 5. The largest absolute Gasteiger partial charge is 0.481 e. The second-order valence-electron chi connectivity index (χ2n) is 10.7. The van der Waals surface area contributed by atoms with E-state index >= 15 is 4.39 Å². The first-order chi connectivity index (χ1) is 22.0. The van der Waals surface area contributed by atoms with Crippen molar-refractivity contribution in [3.05, 3.63) is 107 Å². The molecule has 5 rings (SSSR count). The molecule has 3 aromatic carbocycles. The highest BCUT2D eigenvalue weighted by Gasteiger charge is 2.34. The minimum atomic E-state index is -4.64. The number of amides is 1. The van der Waals surface area contributed by atoms with Crippen molar-refractivity contribution in [2.45, 2.75) is 51.4 Å². The van der Waals surface area contributed by atoms with Gasteiger partial charge in [0.1, 0.15) is 11.5 Å². The molecule has 14 heteroatoms. The number of benzene rings is 3. The predicted octanol–water partition coefficient (Wildman–Crippen LogP) is 5.70. The number of carboxylic acid groups (broad SMARTS) is 1. The zero-order chi connectivity index (χ0) is 32.8. The lowest BCUT2D eigenvalue weighted by atomic mass is 9.97. The summed E-state index contributed by atoms with van der Waals surface area (Å²) in [5.41, 5.74) is 1.72. The van der Waals surface area contributed by atoms with Crippen LogP contribution in [0.4, 0.5) is 17.6 Å². The van der Waals surface area contributed by atoms with Gasteiger partial charge in [0, 0.05) is 22.9 Å². The Labute approximate surface area is 260 Å². The van der Waals surface area contributed by atoms with Crippen LogP contribution in [0, 0.1) is 5.82 Å². The van der Waals surface area contributed by atoms with Crippen molar-refractivity contribution in [1.82, 2.24) is 35.7 Å². The standard InChI is InChI=1S/C32H29F4N7O3/c1-2-7-22-17-28(31(46)37-21(16-29(44)45)15-20-8-3-6-11-26(20)32(34,35)36)40-43(22)18-19-12-13-24(27(33)14-19)23-9-4-5-10-25(23)30-38-41-42-39-30/h3-6,8-14,17,21H,2,7,15-16,18H2,1H3,(H,37,46)(H,44,45)(H,38,39,41,42). The van der Waals surface area contributed by atoms with Crippen LogP contribution in [0.5, 0.6) is 0 Å². The van der Waals surface area contributed by atoms with Crippen LogP contribution in [-0.4, -0.2) is 53.4 Å². The molecule has 46 heavy (non-hydrogen) atoms. The number of aromatic nitrogens is 6. The number of hydrogen-bond donors (Lipinski definition) is 3. The number of H-pyrrole nitrogens is 1. The summed E-state index contributed by atoms with van der Waals surface area (Å²) in [5, 5.41) is 30.2. The van der Waals surface area contributed by atoms with Crippen LogP contribution >= 0.6 is 0 Å². The van der Waals surface area contributed by atoms with E-state index in [0.29, 0.717) is 46.6 Å². The van der Waals surface area contributed by atoms with Crippen LogP contribution in [0.3, 0.4) is 0 Å². The van der Waals surface area contributed by atoms with E-state index in [1.165, 1.54) is 24.3 Å². The van der Waals surface area contributed by atoms with E-state index < -0.39 is 41.9 Å². The first-order valence-corrected chi connectivity index (χ1v) is 14.4. The minimum Gasteiger partial charge on any atom is -0.481 e. The van der Waals surface area contributed by atoms with Crippen LogP contribution in [0.15, 0.2) is 72.8 Å². The van der Waals surface area contributed by atoms with Crippen molar-refractivity contribution < 1.29 is 32.3 Å². The average molecular weight is 636 g/mol. The van der Waals surface area contributed by atoms with Gasteiger partial charge in [0.05, 0.1) is 18.5 Å². The van der Waals surface area contributed by atoms with Crippen LogP contribution < -0.4 is 5.32 Å². The highest BCUT2D eigenvalue weighted by molar-refractivity contribution is 5.93. The second kappa shape index (κ2) is 13.7. The van der Waals surface area contributed by atoms with Gasteiger partial charge in [-0.1, -0.05) is 67.9 Å². The van der Waals surface area contributed by atoms with Gasteiger partial charge in [-0.3, -0.25) is 14.3 Å². The van der Waals surface area contributed by atoms with Crippen molar-refractivity contribution in [1.29, 1.82) is 0 Å². The summed E-state index contributed by atoms with van der Waals surface area (Å²) in [6.07, 6.45) is -4.34. The van der Waals surface area contributed by atoms with E-state index in [0.717, 1.165) is 6.07 Å². The number of aromatic amines is 1. The van der Waals surface area contributed by atoms with Gasteiger partial charge < -0.3 is 10.4 Å². The number of carbonyl (C=O) groups is 2. The number of carbonyl (C=O) groups excluding carboxylic acids is 1. The zero-order valence-corrected chi connectivity index (χ0v) is 24.6. The third-order valence-corrected chi connectivity index (χ3v) is 7.33. The van der Waals surface area contributed by atoms with Gasteiger partial charge in [-0.05, 0) is 58.2 Å². The second-order valence-corrected chi connectivity index (χ2v) is 10.7. The summed E-state index contributed by atoms with van der Waals surface area (Å²) in [6.45, 7) is 2.07. The normalized spacial score (nSPS) is 12.2. The lowest BCUT2D eigenvalue weighted by Gasteiger charge is -2.19. The topological polar surface area (TPSA) is 139 Å². The third-order valence-electron chi connectivity index (χ3n) is 7.33. The van der Waals surface area contributed by atoms with Gasteiger partial charge in [-0.15, -0.1) is 5.10 Å². The third kappa shape index (κ3) is 7.45. The fourth-order valence-corrected chi connectivity index (χ4v) is 5.29. The lowest BCUT2D eigenvalue weighted by Crippen LogP contribution is -2.38. The number of nitrogens with one attached hydrogen (secondary N) is 2. The molecule has 0 saturated carbocycles. The molecule has 0 bridgehead atoms. The molecular formula is C32H29F4N7O3. The molecule has 0 saturated heterocycles. The molecule has 0 radical (unpaired) electrons. The zero-order valence-electron chi connectivity index (χ0n) is 24.6. The Morgan fingerprint density at radius 3 is 2.41 bits per heavy atom. The van der Waals surface area contributed by atoms with Crippen LogP contribution in [-0.2, 0) is 30.4 Å². The highest BCUT2D eigenvalue weighted by atomic mass is 19.4. The molecule has 1 unspecified atom stereocenters. The molecule has 2 heterocycles. The van der Waals surface area contributed by atoms with Gasteiger partial charge in [-0.2, -0.15) is 18.3 Å². The predicted molar refractivity (Wildman–Crippen MR) is 159 cm³/mol. The van der Waals surface area contributed by atoms with E-state index in [1.54, 1.807) is 47.1 Å². The Balaban J connectivity index is 1.37. The molecule has 0 aliphatic rings. The Bertz CT molecular complexity index is 1840. The number of carboxylic acids is 1. The van der Waals surface area contributed by atoms with E-state index in [9.17, 15) is 27.9 Å². The molecule has 0 aliphatic carbocycles. The van der Waals surface area contributed by atoms with Crippen LogP contribution in [0.1, 0.15) is 52.6 Å². The average Bonchev–Trinajstić information content (AvgIpc) is 3.68. The van der Waals surface area contributed by atoms with Gasteiger partial charge >= 0.3 is 12.1 Å². The number of hydrogen-bond acceptors (Lipinski definition) is 6. The molecule has 2 aromatic heterocycles. The molecule has 0 aliphatic heterocycles. The lowest BCUT2D eigenvalue weighted by molar-refractivity contribution is -0.138. The fourth-order valence-electron chi connectivity index (χ4n) is 5.29. The number of alkyl halides is 3. The Hall–Kier alpha value is -5.40. The molecular weight excluding hydrogens is 606 g/mol. The first-order valence-electron chi connectivity index (χ1n) is 14.4. The number of rotatable bonds is 12. The summed E-state index contributed by atoms with van der Waals surface area (Å²) in [6, 6.07) is 17.1.